The number of carbonyl (C=O) groups is 2. The van der Waals surface area contributed by atoms with Gasteiger partial charge in [0.2, 0.25) is 0 Å². The molecule has 0 amide bonds. The lowest BCUT2D eigenvalue weighted by molar-refractivity contribution is -0.141. The summed E-state index contributed by atoms with van der Waals surface area (Å²) >= 11 is 0. The Morgan fingerprint density at radius 3 is 2.03 bits per heavy atom. The van der Waals surface area contributed by atoms with Crippen molar-refractivity contribution in [2.75, 3.05) is 6.61 Å². The summed E-state index contributed by atoms with van der Waals surface area (Å²) in [5.41, 5.74) is 0.913. The smallest absolute Gasteiger partial charge is 0.321 e. The number of unbranched alkanes of at least 4 members (excludes halogenated alkanes) is 5. The minimum absolute atomic E-state index is 0.174. The second-order valence-corrected chi connectivity index (χ2v) is 8.10. The van der Waals surface area contributed by atoms with Crippen LogP contribution < -0.4 is 0 Å². The lowest BCUT2D eigenvalue weighted by Gasteiger charge is -2.32. The number of ether oxygens (including phenoxy) is 1. The molecule has 29 heavy (non-hydrogen) atoms. The summed E-state index contributed by atoms with van der Waals surface area (Å²) in [5, 5.41) is 0. The van der Waals surface area contributed by atoms with E-state index in [4.69, 9.17) is 4.74 Å². The molecule has 1 unspecified atom stereocenters. The van der Waals surface area contributed by atoms with E-state index in [2.05, 4.69) is 6.92 Å². The number of benzene rings is 2. The summed E-state index contributed by atoms with van der Waals surface area (Å²) in [6.07, 6.45) is 7.97. The van der Waals surface area contributed by atoms with Gasteiger partial charge in [-0.15, -0.1) is 0 Å². The maximum atomic E-state index is 13.1. The van der Waals surface area contributed by atoms with Crippen LogP contribution in [0.4, 0.5) is 0 Å². The van der Waals surface area contributed by atoms with Crippen molar-refractivity contribution in [3.8, 4) is 0 Å². The van der Waals surface area contributed by atoms with Crippen LogP contribution in [0, 0.1) is 5.92 Å². The van der Waals surface area contributed by atoms with Crippen molar-refractivity contribution in [2.24, 2.45) is 5.92 Å². The molecule has 0 radical (unpaired) electrons. The first-order chi connectivity index (χ1) is 14.2. The quantitative estimate of drug-likeness (QED) is 0.355. The van der Waals surface area contributed by atoms with Crippen molar-refractivity contribution >= 4 is 11.8 Å². The van der Waals surface area contributed by atoms with Crippen LogP contribution in [0.2, 0.25) is 0 Å². The molecule has 1 saturated heterocycles. The molecule has 0 aromatic heterocycles. The van der Waals surface area contributed by atoms with Gasteiger partial charge in [0, 0.05) is 18.8 Å². The molecule has 1 aliphatic heterocycles. The van der Waals surface area contributed by atoms with E-state index < -0.39 is 5.41 Å². The molecule has 0 bridgehead atoms. The van der Waals surface area contributed by atoms with E-state index in [0.717, 1.165) is 24.0 Å². The Labute approximate surface area is 174 Å². The van der Waals surface area contributed by atoms with Gasteiger partial charge in [-0.1, -0.05) is 99.7 Å². The van der Waals surface area contributed by atoms with E-state index in [1.165, 1.54) is 25.7 Å². The molecule has 1 heterocycles. The van der Waals surface area contributed by atoms with Gasteiger partial charge in [-0.2, -0.15) is 0 Å². The standard InChI is InChI=1S/C26H32O3/c1-2-3-4-5-6-13-18-24(27)19-23-20-29-25(28)26(23,21-14-9-7-10-15-21)22-16-11-8-12-17-22/h7-12,14-17,23H,2-6,13,18-20H2,1H3. The Balaban J connectivity index is 1.77. The second kappa shape index (κ2) is 10.4. The van der Waals surface area contributed by atoms with Crippen LogP contribution in [0.15, 0.2) is 60.7 Å². The van der Waals surface area contributed by atoms with Crippen molar-refractivity contribution in [1.29, 1.82) is 0 Å². The monoisotopic (exact) mass is 392 g/mol. The Morgan fingerprint density at radius 1 is 0.897 bits per heavy atom. The van der Waals surface area contributed by atoms with Gasteiger partial charge in [-0.25, -0.2) is 0 Å². The maximum Gasteiger partial charge on any atom is 0.321 e. The van der Waals surface area contributed by atoms with Crippen LogP contribution in [-0.4, -0.2) is 18.4 Å². The van der Waals surface area contributed by atoms with Crippen LogP contribution in [0.3, 0.4) is 0 Å². The van der Waals surface area contributed by atoms with Crippen molar-refractivity contribution in [3.63, 3.8) is 0 Å². The zero-order valence-corrected chi connectivity index (χ0v) is 17.4. The van der Waals surface area contributed by atoms with Gasteiger partial charge in [-0.05, 0) is 17.5 Å². The summed E-state index contributed by atoms with van der Waals surface area (Å²) in [6, 6.07) is 19.6. The summed E-state index contributed by atoms with van der Waals surface area (Å²) in [4.78, 5) is 25.9. The number of esters is 1. The lowest BCUT2D eigenvalue weighted by atomic mass is 9.65. The summed E-state index contributed by atoms with van der Waals surface area (Å²) in [7, 11) is 0. The SMILES string of the molecule is CCCCCCCCC(=O)CC1COC(=O)C1(c1ccccc1)c1ccccc1. The molecule has 3 heteroatoms. The van der Waals surface area contributed by atoms with Crippen LogP contribution in [0.25, 0.3) is 0 Å². The van der Waals surface area contributed by atoms with Gasteiger partial charge < -0.3 is 4.74 Å². The Kier molecular flexibility index (Phi) is 7.62. The van der Waals surface area contributed by atoms with Gasteiger partial charge in [0.15, 0.2) is 0 Å². The average Bonchev–Trinajstić information content (AvgIpc) is 3.08. The molecule has 0 saturated carbocycles. The van der Waals surface area contributed by atoms with Crippen molar-refractivity contribution in [2.45, 2.75) is 63.7 Å². The molecule has 2 aromatic rings. The minimum Gasteiger partial charge on any atom is -0.464 e. The molecule has 1 atom stereocenters. The molecule has 0 aliphatic carbocycles. The highest BCUT2D eigenvalue weighted by Gasteiger charge is 2.55. The molecule has 3 nitrogen and oxygen atoms in total. The first kappa shape index (κ1) is 21.3. The Bertz CT molecular complexity index is 743. The molecule has 1 aliphatic rings. The highest BCUT2D eigenvalue weighted by Crippen LogP contribution is 2.46. The largest absolute Gasteiger partial charge is 0.464 e. The van der Waals surface area contributed by atoms with Gasteiger partial charge in [-0.3, -0.25) is 9.59 Å². The zero-order valence-electron chi connectivity index (χ0n) is 17.4. The number of ketones is 1. The fourth-order valence-corrected chi connectivity index (χ4v) is 4.55. The van der Waals surface area contributed by atoms with E-state index in [1.54, 1.807) is 0 Å². The van der Waals surface area contributed by atoms with E-state index in [0.29, 0.717) is 19.4 Å². The summed E-state index contributed by atoms with van der Waals surface area (Å²) in [5.74, 6) is -0.181. The van der Waals surface area contributed by atoms with E-state index in [-0.39, 0.29) is 17.7 Å². The van der Waals surface area contributed by atoms with Gasteiger partial charge in [0.05, 0.1) is 6.61 Å². The average molecular weight is 393 g/mol. The second-order valence-electron chi connectivity index (χ2n) is 8.10. The molecule has 0 spiro atoms. The third-order valence-electron chi connectivity index (χ3n) is 6.09. The third-order valence-corrected chi connectivity index (χ3v) is 6.09. The fourth-order valence-electron chi connectivity index (χ4n) is 4.55. The third kappa shape index (κ3) is 4.77. The number of hydrogen-bond acceptors (Lipinski definition) is 3. The zero-order chi connectivity index (χ0) is 20.5. The normalized spacial score (nSPS) is 17.8. The summed E-state index contributed by atoms with van der Waals surface area (Å²) < 4.78 is 5.57. The van der Waals surface area contributed by atoms with Crippen LogP contribution in [0.1, 0.15) is 69.4 Å². The molecular weight excluding hydrogens is 360 g/mol. The Hall–Kier alpha value is -2.42. The van der Waals surface area contributed by atoms with Crippen molar-refractivity contribution in [3.05, 3.63) is 71.8 Å². The van der Waals surface area contributed by atoms with Crippen LogP contribution in [0.5, 0.6) is 0 Å². The number of rotatable bonds is 11. The molecule has 3 rings (SSSR count). The summed E-state index contributed by atoms with van der Waals surface area (Å²) in [6.45, 7) is 2.51. The van der Waals surface area contributed by atoms with Gasteiger partial charge in [0.25, 0.3) is 0 Å². The topological polar surface area (TPSA) is 43.4 Å². The molecule has 0 N–H and O–H groups in total. The molecule has 1 fully saturated rings. The van der Waals surface area contributed by atoms with E-state index in [9.17, 15) is 9.59 Å². The van der Waals surface area contributed by atoms with Gasteiger partial charge in [0.1, 0.15) is 11.2 Å². The molecule has 2 aromatic carbocycles. The first-order valence-corrected chi connectivity index (χ1v) is 11.0. The number of hydrogen-bond donors (Lipinski definition) is 0. The van der Waals surface area contributed by atoms with E-state index >= 15 is 0 Å². The predicted molar refractivity (Wildman–Crippen MR) is 116 cm³/mol. The van der Waals surface area contributed by atoms with Gasteiger partial charge >= 0.3 is 5.97 Å². The maximum absolute atomic E-state index is 13.1. The number of Topliss-reactive ketones (excluding diaryl/α,β-unsaturated/α-hetero) is 1. The fraction of sp³-hybridized carbons (Fsp3) is 0.462. The predicted octanol–water partition coefficient (Wildman–Crippen LogP) is 5.86. The first-order valence-electron chi connectivity index (χ1n) is 11.0. The molecule has 154 valence electrons. The highest BCUT2D eigenvalue weighted by atomic mass is 16.5. The highest BCUT2D eigenvalue weighted by molar-refractivity contribution is 5.91. The number of cyclic esters (lactones) is 1. The van der Waals surface area contributed by atoms with Crippen molar-refractivity contribution in [1.82, 2.24) is 0 Å². The lowest BCUT2D eigenvalue weighted by Crippen LogP contribution is -2.40. The number of carbonyl (C=O) groups excluding carboxylic acids is 2. The Morgan fingerprint density at radius 2 is 1.45 bits per heavy atom. The van der Waals surface area contributed by atoms with Crippen LogP contribution >= 0.6 is 0 Å². The minimum atomic E-state index is -0.903. The molecular formula is C26H32O3. The van der Waals surface area contributed by atoms with Crippen molar-refractivity contribution < 1.29 is 14.3 Å². The van der Waals surface area contributed by atoms with E-state index in [1.807, 2.05) is 60.7 Å². The van der Waals surface area contributed by atoms with Crippen LogP contribution in [-0.2, 0) is 19.7 Å².